The second-order valence-corrected chi connectivity index (χ2v) is 8.06. The van der Waals surface area contributed by atoms with Crippen molar-refractivity contribution >= 4 is 30.2 Å². The lowest BCUT2D eigenvalue weighted by molar-refractivity contribution is 0.514. The van der Waals surface area contributed by atoms with Crippen LogP contribution in [0.4, 0.5) is 8.63 Å². The zero-order valence-corrected chi connectivity index (χ0v) is 16.7. The summed E-state index contributed by atoms with van der Waals surface area (Å²) in [5, 5.41) is 0.374. The molecule has 2 aliphatic rings. The first-order valence-electron chi connectivity index (χ1n) is 10.4. The second kappa shape index (κ2) is 5.98. The van der Waals surface area contributed by atoms with Crippen molar-refractivity contribution in [3.05, 3.63) is 101 Å². The molecular formula is C25H15BF2N2O2. The van der Waals surface area contributed by atoms with Gasteiger partial charge >= 0.3 is 6.97 Å². The molecule has 0 fully saturated rings. The summed E-state index contributed by atoms with van der Waals surface area (Å²) in [5.74, 6) is 1.13. The third kappa shape index (κ3) is 2.28. The Morgan fingerprint density at radius 1 is 0.750 bits per heavy atom. The summed E-state index contributed by atoms with van der Waals surface area (Å²) < 4.78 is 46.1. The van der Waals surface area contributed by atoms with Gasteiger partial charge in [-0.2, -0.15) is 0 Å². The SMILES string of the molecule is F[B-]1(F)n2c(cc3oc(-c4ccccc4)cc32)C=C2C=c3oc(-c4ccccc4)cc3=[N+]21. The molecule has 32 heavy (non-hydrogen) atoms. The summed E-state index contributed by atoms with van der Waals surface area (Å²) in [6.45, 7) is -4.15. The minimum Gasteiger partial charge on any atom is -0.455 e. The molecule has 0 bridgehead atoms. The fourth-order valence-corrected chi connectivity index (χ4v) is 4.73. The van der Waals surface area contributed by atoms with E-state index < -0.39 is 6.97 Å². The van der Waals surface area contributed by atoms with Crippen LogP contribution >= 0.6 is 0 Å². The zero-order valence-electron chi connectivity index (χ0n) is 16.7. The van der Waals surface area contributed by atoms with Gasteiger partial charge in [-0.25, -0.2) is 0 Å². The van der Waals surface area contributed by atoms with E-state index in [1.165, 1.54) is 0 Å². The fourth-order valence-electron chi connectivity index (χ4n) is 4.73. The Balaban J connectivity index is 1.44. The molecule has 7 rings (SSSR count). The maximum atomic E-state index is 16.0. The van der Waals surface area contributed by atoms with Crippen molar-refractivity contribution in [2.75, 3.05) is 0 Å². The Bertz CT molecular complexity index is 1690. The molecule has 3 aromatic heterocycles. The molecular weight excluding hydrogens is 409 g/mol. The summed E-state index contributed by atoms with van der Waals surface area (Å²) >= 11 is 0. The number of benzene rings is 2. The molecule has 4 nitrogen and oxygen atoms in total. The number of rotatable bonds is 2. The van der Waals surface area contributed by atoms with Gasteiger partial charge in [0.1, 0.15) is 17.1 Å². The van der Waals surface area contributed by atoms with Crippen LogP contribution < -0.4 is 15.3 Å². The van der Waals surface area contributed by atoms with E-state index >= 15 is 8.63 Å². The molecule has 0 saturated heterocycles. The fraction of sp³-hybridized carbons (Fsp3) is 0. The standard InChI is InChI=1S/C25H15BF2N2O2/c27-26(28)29-18(12-24-20(29)14-22(31-24)16-7-3-1-4-8-16)11-19-13-25-21(30(19)26)15-23(32-25)17-9-5-2-6-10-17/h1-15H. The minimum atomic E-state index is -4.15. The van der Waals surface area contributed by atoms with Crippen LogP contribution in [0.2, 0.25) is 0 Å². The van der Waals surface area contributed by atoms with Gasteiger partial charge in [0.25, 0.3) is 0 Å². The first kappa shape index (κ1) is 17.5. The third-order valence-electron chi connectivity index (χ3n) is 6.15. The predicted octanol–water partition coefficient (Wildman–Crippen LogP) is 4.72. The van der Waals surface area contributed by atoms with Gasteiger partial charge in [0.05, 0.1) is 17.7 Å². The highest BCUT2D eigenvalue weighted by atomic mass is 19.2. The Hall–Kier alpha value is -4.13. The van der Waals surface area contributed by atoms with E-state index in [0.29, 0.717) is 44.8 Å². The maximum absolute atomic E-state index is 16.0. The molecule has 7 heteroatoms. The highest BCUT2D eigenvalue weighted by Gasteiger charge is 2.52. The van der Waals surface area contributed by atoms with Crippen LogP contribution in [-0.4, -0.2) is 11.4 Å². The average Bonchev–Trinajstić information content (AvgIpc) is 3.53. The van der Waals surface area contributed by atoms with E-state index in [4.69, 9.17) is 8.83 Å². The van der Waals surface area contributed by atoms with E-state index in [1.54, 1.807) is 30.4 Å². The van der Waals surface area contributed by atoms with Crippen molar-refractivity contribution < 1.29 is 17.5 Å². The first-order valence-corrected chi connectivity index (χ1v) is 10.4. The van der Waals surface area contributed by atoms with Crippen molar-refractivity contribution in [1.82, 2.24) is 8.96 Å². The lowest BCUT2D eigenvalue weighted by atomic mass is 9.91. The molecule has 2 aromatic carbocycles. The molecule has 0 atom stereocenters. The highest BCUT2D eigenvalue weighted by molar-refractivity contribution is 6.65. The van der Waals surface area contributed by atoms with Crippen LogP contribution in [0.1, 0.15) is 5.69 Å². The molecule has 2 aliphatic heterocycles. The highest BCUT2D eigenvalue weighted by Crippen LogP contribution is 2.36. The van der Waals surface area contributed by atoms with Crippen molar-refractivity contribution in [2.24, 2.45) is 0 Å². The summed E-state index contributed by atoms with van der Waals surface area (Å²) in [6, 6.07) is 24.0. The van der Waals surface area contributed by atoms with E-state index in [0.717, 1.165) is 20.1 Å². The number of allylic oxidation sites excluding steroid dienone is 1. The Kier molecular flexibility index (Phi) is 3.28. The summed E-state index contributed by atoms with van der Waals surface area (Å²) in [5.41, 5.74) is 3.78. The number of nitrogens with zero attached hydrogens (tertiary/aromatic N) is 2. The van der Waals surface area contributed by atoms with Gasteiger partial charge in [0.2, 0.25) is 5.36 Å². The molecule has 0 amide bonds. The van der Waals surface area contributed by atoms with Crippen LogP contribution in [0, 0.1) is 0 Å². The molecule has 0 unspecified atom stereocenters. The van der Waals surface area contributed by atoms with E-state index in [1.807, 2.05) is 60.7 Å². The topological polar surface area (TPSA) is 34.2 Å². The van der Waals surface area contributed by atoms with E-state index in [2.05, 4.69) is 0 Å². The molecule has 154 valence electrons. The van der Waals surface area contributed by atoms with E-state index in [-0.39, 0.29) is 0 Å². The van der Waals surface area contributed by atoms with Gasteiger partial charge in [-0.05, 0) is 0 Å². The second-order valence-electron chi connectivity index (χ2n) is 8.06. The van der Waals surface area contributed by atoms with Crippen LogP contribution in [0.25, 0.3) is 45.9 Å². The molecule has 0 spiro atoms. The monoisotopic (exact) mass is 424 g/mol. The predicted molar refractivity (Wildman–Crippen MR) is 120 cm³/mol. The van der Waals surface area contributed by atoms with Gasteiger partial charge in [-0.1, -0.05) is 60.7 Å². The molecule has 0 radical (unpaired) electrons. The molecule has 5 aromatic rings. The molecule has 5 heterocycles. The van der Waals surface area contributed by atoms with Crippen molar-refractivity contribution in [1.29, 1.82) is 0 Å². The van der Waals surface area contributed by atoms with Crippen molar-refractivity contribution in [3.63, 3.8) is 0 Å². The molecule has 0 N–H and O–H groups in total. The average molecular weight is 424 g/mol. The molecule has 0 saturated carbocycles. The van der Waals surface area contributed by atoms with E-state index in [9.17, 15) is 0 Å². The Labute approximate surface area is 180 Å². The van der Waals surface area contributed by atoms with Crippen LogP contribution in [-0.2, 0) is 0 Å². The lowest BCUT2D eigenvalue weighted by Gasteiger charge is -2.27. The quantitative estimate of drug-likeness (QED) is 0.385. The largest absolute Gasteiger partial charge is 0.738 e. The lowest BCUT2D eigenvalue weighted by Crippen LogP contribution is -2.55. The minimum absolute atomic E-state index is 0.374. The van der Waals surface area contributed by atoms with Gasteiger partial charge in [-0.15, -0.1) is 0 Å². The first-order chi connectivity index (χ1) is 15.6. The summed E-state index contributed by atoms with van der Waals surface area (Å²) in [4.78, 5) is 0. The summed E-state index contributed by atoms with van der Waals surface area (Å²) in [6.07, 6.45) is 3.42. The van der Waals surface area contributed by atoms with Crippen LogP contribution in [0.5, 0.6) is 0 Å². The van der Waals surface area contributed by atoms with Crippen molar-refractivity contribution in [3.8, 4) is 22.6 Å². The number of halogens is 2. The Morgan fingerprint density at radius 2 is 1.41 bits per heavy atom. The molecule has 0 aliphatic carbocycles. The zero-order chi connectivity index (χ0) is 21.4. The van der Waals surface area contributed by atoms with Gasteiger partial charge in [0.15, 0.2) is 11.1 Å². The Morgan fingerprint density at radius 3 is 2.09 bits per heavy atom. The number of hydrogen-bond donors (Lipinski definition) is 0. The normalized spacial score (nSPS) is 15.8. The van der Waals surface area contributed by atoms with Crippen LogP contribution in [0.15, 0.2) is 93.4 Å². The summed E-state index contributed by atoms with van der Waals surface area (Å²) in [7, 11) is 0. The number of furan rings is 2. The third-order valence-corrected chi connectivity index (χ3v) is 6.15. The number of hydrogen-bond acceptors (Lipinski definition) is 2. The van der Waals surface area contributed by atoms with Crippen molar-refractivity contribution in [2.45, 2.75) is 0 Å². The van der Waals surface area contributed by atoms with Gasteiger partial charge < -0.3 is 26.4 Å². The maximum Gasteiger partial charge on any atom is 0.738 e. The van der Waals surface area contributed by atoms with Crippen LogP contribution in [0.3, 0.4) is 0 Å². The number of aromatic nitrogens is 1. The number of fused-ring (bicyclic) bond motifs is 5. The smallest absolute Gasteiger partial charge is 0.455 e. The van der Waals surface area contributed by atoms with Gasteiger partial charge in [-0.3, -0.25) is 0 Å². The van der Waals surface area contributed by atoms with Gasteiger partial charge in [0, 0.05) is 35.0 Å².